The molecule has 3 rings (SSSR count). The molecule has 0 saturated heterocycles. The summed E-state index contributed by atoms with van der Waals surface area (Å²) in [5.74, 6) is -0.574. The highest BCUT2D eigenvalue weighted by molar-refractivity contribution is 6.16. The van der Waals surface area contributed by atoms with E-state index in [0.29, 0.717) is 16.5 Å². The smallest absolute Gasteiger partial charge is 0.338 e. The van der Waals surface area contributed by atoms with Crippen LogP contribution in [0.1, 0.15) is 29.8 Å². The Labute approximate surface area is 139 Å². The minimum atomic E-state index is -1.04. The number of ether oxygens (including phenoxy) is 1. The number of aromatic amines is 1. The maximum absolute atomic E-state index is 12.2. The highest BCUT2D eigenvalue weighted by Crippen LogP contribution is 2.37. The molecule has 0 saturated carbocycles. The molecule has 0 radical (unpaired) electrons. The Morgan fingerprint density at radius 1 is 1.29 bits per heavy atom. The molecule has 0 bridgehead atoms. The van der Waals surface area contributed by atoms with Crippen molar-refractivity contribution in [3.63, 3.8) is 0 Å². The van der Waals surface area contributed by atoms with E-state index < -0.39 is 11.6 Å². The summed E-state index contributed by atoms with van der Waals surface area (Å²) in [6.45, 7) is 3.29. The normalized spacial score (nSPS) is 12.3. The SMILES string of the molecule is COC(=O)c1cc(O)c2[nH]c3ccccc3c2c1/C=C/C(C)(C)O. The molecule has 0 unspecified atom stereocenters. The lowest BCUT2D eigenvalue weighted by Gasteiger charge is -2.12. The van der Waals surface area contributed by atoms with Crippen LogP contribution in [0.2, 0.25) is 0 Å². The number of para-hydroxylation sites is 1. The number of methoxy groups -OCH3 is 1. The average Bonchev–Trinajstić information content (AvgIpc) is 2.92. The van der Waals surface area contributed by atoms with E-state index in [0.717, 1.165) is 10.9 Å². The number of phenolic OH excluding ortho intramolecular Hbond substituents is 1. The van der Waals surface area contributed by atoms with Crippen molar-refractivity contribution < 1.29 is 19.7 Å². The minimum Gasteiger partial charge on any atom is -0.506 e. The molecule has 0 spiro atoms. The van der Waals surface area contributed by atoms with Gasteiger partial charge in [0.1, 0.15) is 5.75 Å². The van der Waals surface area contributed by atoms with Gasteiger partial charge in [0, 0.05) is 16.3 Å². The molecule has 0 amide bonds. The topological polar surface area (TPSA) is 82.5 Å². The van der Waals surface area contributed by atoms with E-state index in [-0.39, 0.29) is 11.3 Å². The number of carbonyl (C=O) groups excluding carboxylic acids is 1. The second-order valence-electron chi connectivity index (χ2n) is 6.26. The zero-order chi connectivity index (χ0) is 17.5. The lowest BCUT2D eigenvalue weighted by molar-refractivity contribution is 0.0600. The van der Waals surface area contributed by atoms with Crippen LogP contribution in [0.15, 0.2) is 36.4 Å². The minimum absolute atomic E-state index is 0.0259. The molecule has 124 valence electrons. The Hall–Kier alpha value is -2.79. The largest absolute Gasteiger partial charge is 0.506 e. The van der Waals surface area contributed by atoms with Gasteiger partial charge in [-0.25, -0.2) is 4.79 Å². The Balaban J connectivity index is 2.44. The van der Waals surface area contributed by atoms with E-state index in [4.69, 9.17) is 4.74 Å². The van der Waals surface area contributed by atoms with Gasteiger partial charge in [0.25, 0.3) is 0 Å². The third-order valence-corrected chi connectivity index (χ3v) is 3.87. The van der Waals surface area contributed by atoms with Crippen molar-refractivity contribution in [3.8, 4) is 5.75 Å². The second-order valence-corrected chi connectivity index (χ2v) is 6.26. The number of esters is 1. The first kappa shape index (κ1) is 16.1. The van der Waals surface area contributed by atoms with Gasteiger partial charge in [0.15, 0.2) is 0 Å². The molecule has 1 aromatic heterocycles. The van der Waals surface area contributed by atoms with E-state index in [9.17, 15) is 15.0 Å². The van der Waals surface area contributed by atoms with Crippen LogP contribution in [0.5, 0.6) is 5.75 Å². The van der Waals surface area contributed by atoms with Gasteiger partial charge in [0.2, 0.25) is 0 Å². The third kappa shape index (κ3) is 2.74. The molecule has 0 aliphatic carbocycles. The highest BCUT2D eigenvalue weighted by atomic mass is 16.5. The van der Waals surface area contributed by atoms with Crippen LogP contribution < -0.4 is 0 Å². The number of carbonyl (C=O) groups is 1. The fourth-order valence-corrected chi connectivity index (χ4v) is 2.77. The fraction of sp³-hybridized carbons (Fsp3) is 0.211. The first-order valence-corrected chi connectivity index (χ1v) is 7.58. The average molecular weight is 325 g/mol. The summed E-state index contributed by atoms with van der Waals surface area (Å²) < 4.78 is 4.84. The molecule has 5 heteroatoms. The maximum Gasteiger partial charge on any atom is 0.338 e. The standard InChI is InChI=1S/C19H19NO4/c1-19(2,23)9-8-11-13(18(22)24-3)10-15(21)17-16(11)12-6-4-5-7-14(12)20-17/h4-10,20-21,23H,1-3H3/b9-8+. The molecular weight excluding hydrogens is 306 g/mol. The monoisotopic (exact) mass is 325 g/mol. The number of H-pyrrole nitrogens is 1. The van der Waals surface area contributed by atoms with Gasteiger partial charge in [-0.2, -0.15) is 0 Å². The van der Waals surface area contributed by atoms with Crippen LogP contribution in [0.3, 0.4) is 0 Å². The summed E-state index contributed by atoms with van der Waals surface area (Å²) in [6, 6.07) is 8.98. The van der Waals surface area contributed by atoms with Crippen molar-refractivity contribution in [1.29, 1.82) is 0 Å². The molecule has 0 aliphatic heterocycles. The van der Waals surface area contributed by atoms with Crippen LogP contribution in [-0.2, 0) is 4.74 Å². The van der Waals surface area contributed by atoms with E-state index >= 15 is 0 Å². The van der Waals surface area contributed by atoms with E-state index in [1.54, 1.807) is 26.0 Å². The predicted molar refractivity (Wildman–Crippen MR) is 94.1 cm³/mol. The number of hydrogen-bond donors (Lipinski definition) is 3. The number of benzene rings is 2. The molecule has 0 aliphatic rings. The Morgan fingerprint density at radius 2 is 2.00 bits per heavy atom. The van der Waals surface area contributed by atoms with Gasteiger partial charge in [-0.1, -0.05) is 30.4 Å². The number of phenols is 1. The molecule has 1 heterocycles. The molecule has 24 heavy (non-hydrogen) atoms. The van der Waals surface area contributed by atoms with Crippen molar-refractivity contribution in [3.05, 3.63) is 47.5 Å². The van der Waals surface area contributed by atoms with Gasteiger partial charge >= 0.3 is 5.97 Å². The van der Waals surface area contributed by atoms with Gasteiger partial charge < -0.3 is 19.9 Å². The summed E-state index contributed by atoms with van der Waals surface area (Å²) in [6.07, 6.45) is 3.29. The lowest BCUT2D eigenvalue weighted by atomic mass is 9.97. The Bertz CT molecular complexity index is 961. The number of nitrogens with one attached hydrogen (secondary N) is 1. The van der Waals surface area contributed by atoms with Crippen molar-refractivity contribution in [1.82, 2.24) is 4.98 Å². The Morgan fingerprint density at radius 3 is 2.67 bits per heavy atom. The maximum atomic E-state index is 12.2. The predicted octanol–water partition coefficient (Wildman–Crippen LogP) is 3.60. The third-order valence-electron chi connectivity index (χ3n) is 3.87. The van der Waals surface area contributed by atoms with Crippen LogP contribution in [0.4, 0.5) is 0 Å². The fourth-order valence-electron chi connectivity index (χ4n) is 2.77. The summed E-state index contributed by atoms with van der Waals surface area (Å²) in [7, 11) is 1.29. The molecule has 0 fully saturated rings. The van der Waals surface area contributed by atoms with Gasteiger partial charge in [-0.3, -0.25) is 0 Å². The van der Waals surface area contributed by atoms with Crippen molar-refractivity contribution in [2.75, 3.05) is 7.11 Å². The van der Waals surface area contributed by atoms with Crippen LogP contribution >= 0.6 is 0 Å². The van der Waals surface area contributed by atoms with Crippen molar-refractivity contribution >= 4 is 33.9 Å². The van der Waals surface area contributed by atoms with Crippen LogP contribution in [0, 0.1) is 0 Å². The van der Waals surface area contributed by atoms with E-state index in [2.05, 4.69) is 4.98 Å². The number of aromatic hydroxyl groups is 1. The lowest BCUT2D eigenvalue weighted by Crippen LogP contribution is -2.13. The zero-order valence-corrected chi connectivity index (χ0v) is 13.8. The molecule has 2 aromatic carbocycles. The first-order chi connectivity index (χ1) is 11.3. The van der Waals surface area contributed by atoms with E-state index in [1.807, 2.05) is 24.3 Å². The highest BCUT2D eigenvalue weighted by Gasteiger charge is 2.20. The van der Waals surface area contributed by atoms with Crippen molar-refractivity contribution in [2.45, 2.75) is 19.4 Å². The van der Waals surface area contributed by atoms with Crippen molar-refractivity contribution in [2.24, 2.45) is 0 Å². The second kappa shape index (κ2) is 5.69. The van der Waals surface area contributed by atoms with Crippen LogP contribution in [0.25, 0.3) is 27.9 Å². The zero-order valence-electron chi connectivity index (χ0n) is 13.8. The Kier molecular flexibility index (Phi) is 3.81. The quantitative estimate of drug-likeness (QED) is 0.643. The molecule has 5 nitrogen and oxygen atoms in total. The summed E-state index contributed by atoms with van der Waals surface area (Å²) in [5.41, 5.74) is 1.19. The number of rotatable bonds is 3. The molecule has 0 atom stereocenters. The summed E-state index contributed by atoms with van der Waals surface area (Å²) in [5, 5.41) is 21.9. The number of hydrogen-bond acceptors (Lipinski definition) is 4. The summed E-state index contributed by atoms with van der Waals surface area (Å²) >= 11 is 0. The molecular formula is C19H19NO4. The number of aromatic nitrogens is 1. The molecule has 3 N–H and O–H groups in total. The summed E-state index contributed by atoms with van der Waals surface area (Å²) in [4.78, 5) is 15.3. The molecule has 3 aromatic rings. The van der Waals surface area contributed by atoms with Crippen LogP contribution in [-0.4, -0.2) is 33.9 Å². The van der Waals surface area contributed by atoms with Gasteiger partial charge in [-0.15, -0.1) is 0 Å². The van der Waals surface area contributed by atoms with Gasteiger partial charge in [-0.05, 0) is 31.5 Å². The first-order valence-electron chi connectivity index (χ1n) is 7.58. The van der Waals surface area contributed by atoms with Gasteiger partial charge in [0.05, 0.1) is 23.8 Å². The number of aliphatic hydroxyl groups is 1. The van der Waals surface area contributed by atoms with E-state index in [1.165, 1.54) is 13.2 Å². The number of fused-ring (bicyclic) bond motifs is 3.